The topological polar surface area (TPSA) is 93.5 Å². The van der Waals surface area contributed by atoms with Crippen molar-refractivity contribution in [3.05, 3.63) is 56.9 Å². The molecule has 0 aliphatic carbocycles. The van der Waals surface area contributed by atoms with Gasteiger partial charge < -0.3 is 14.4 Å². The molecule has 1 atom stereocenters. The summed E-state index contributed by atoms with van der Waals surface area (Å²) in [5, 5.41) is 14.2. The number of benzene rings is 1. The van der Waals surface area contributed by atoms with Crippen LogP contribution >= 0.6 is 0 Å². The predicted octanol–water partition coefficient (Wildman–Crippen LogP) is 2.96. The predicted molar refractivity (Wildman–Crippen MR) is 117 cm³/mol. The summed E-state index contributed by atoms with van der Waals surface area (Å²) in [5.74, 6) is -0.149. The lowest BCUT2D eigenvalue weighted by Crippen LogP contribution is -2.53. The van der Waals surface area contributed by atoms with Gasteiger partial charge in [0, 0.05) is 10.9 Å². The highest BCUT2D eigenvalue weighted by molar-refractivity contribution is 5.90. The number of carbonyl (C=O) groups is 1. The number of pyridine rings is 2. The van der Waals surface area contributed by atoms with Gasteiger partial charge in [-0.1, -0.05) is 20.8 Å². The smallest absolute Gasteiger partial charge is 0.331 e. The Morgan fingerprint density at radius 1 is 1.19 bits per heavy atom. The highest BCUT2D eigenvalue weighted by Gasteiger charge is 2.46. The van der Waals surface area contributed by atoms with Crippen LogP contribution in [-0.4, -0.2) is 27.2 Å². The number of rotatable bonds is 4. The van der Waals surface area contributed by atoms with Crippen molar-refractivity contribution < 1.29 is 14.6 Å². The third-order valence-corrected chi connectivity index (χ3v) is 6.67. The van der Waals surface area contributed by atoms with E-state index in [0.29, 0.717) is 30.6 Å². The molecule has 0 saturated heterocycles. The largest absolute Gasteiger partial charge is 0.508 e. The maximum atomic E-state index is 13.5. The number of esters is 1. The quantitative estimate of drug-likeness (QED) is 0.494. The molecular weight excluding hydrogens is 394 g/mol. The van der Waals surface area contributed by atoms with Crippen molar-refractivity contribution in [2.45, 2.75) is 52.3 Å². The number of phenolic OH excluding ortho intramolecular Hbond substituents is 1. The number of nitrogens with zero attached hydrogens (tertiary/aromatic N) is 2. The number of carbonyl (C=O) groups excluding carboxylic acids is 1. The van der Waals surface area contributed by atoms with E-state index < -0.39 is 5.54 Å². The lowest BCUT2D eigenvalue weighted by molar-refractivity contribution is -0.156. The summed E-state index contributed by atoms with van der Waals surface area (Å²) in [5.41, 5.74) is 4.42. The molecule has 0 bridgehead atoms. The Kier molecular flexibility index (Phi) is 4.41. The number of fused-ring (bicyclic) bond motifs is 5. The summed E-state index contributed by atoms with van der Waals surface area (Å²) < 4.78 is 7.18. The Bertz CT molecular complexity index is 1310. The summed E-state index contributed by atoms with van der Waals surface area (Å²) in [6, 6.07) is 7.11. The van der Waals surface area contributed by atoms with Crippen molar-refractivity contribution >= 4 is 16.9 Å². The van der Waals surface area contributed by atoms with Crippen LogP contribution in [0.3, 0.4) is 0 Å². The van der Waals surface area contributed by atoms with Crippen molar-refractivity contribution in [3.8, 4) is 17.1 Å². The van der Waals surface area contributed by atoms with Gasteiger partial charge in [-0.05, 0) is 54.8 Å². The molecular formula is C24H25N3O4. The molecule has 7 nitrogen and oxygen atoms in total. The van der Waals surface area contributed by atoms with Crippen LogP contribution in [0.15, 0.2) is 29.1 Å². The lowest BCUT2D eigenvalue weighted by atomic mass is 9.82. The van der Waals surface area contributed by atoms with Gasteiger partial charge in [0.1, 0.15) is 17.9 Å². The molecule has 0 radical (unpaired) electrons. The number of aromatic nitrogens is 2. The van der Waals surface area contributed by atoms with Gasteiger partial charge in [-0.2, -0.15) is 0 Å². The number of aryl methyl sites for hydroxylation is 1. The molecule has 1 aromatic carbocycles. The van der Waals surface area contributed by atoms with Gasteiger partial charge in [0.05, 0.1) is 29.0 Å². The van der Waals surface area contributed by atoms with Crippen molar-refractivity contribution in [1.82, 2.24) is 14.9 Å². The molecule has 3 aromatic rings. The van der Waals surface area contributed by atoms with Crippen molar-refractivity contribution in [3.63, 3.8) is 0 Å². The van der Waals surface area contributed by atoms with E-state index in [4.69, 9.17) is 9.72 Å². The fourth-order valence-electron chi connectivity index (χ4n) is 5.16. The van der Waals surface area contributed by atoms with E-state index in [9.17, 15) is 14.7 Å². The minimum absolute atomic E-state index is 0.0132. The van der Waals surface area contributed by atoms with Crippen LogP contribution in [0.2, 0.25) is 0 Å². The second-order valence-electron chi connectivity index (χ2n) is 8.15. The maximum absolute atomic E-state index is 13.5. The van der Waals surface area contributed by atoms with Gasteiger partial charge in [0.15, 0.2) is 0 Å². The summed E-state index contributed by atoms with van der Waals surface area (Å²) in [4.78, 5) is 31.2. The van der Waals surface area contributed by atoms with Crippen LogP contribution in [0.25, 0.3) is 22.3 Å². The first-order valence-electron chi connectivity index (χ1n) is 10.8. The summed E-state index contributed by atoms with van der Waals surface area (Å²) >= 11 is 0. The first kappa shape index (κ1) is 19.8. The molecule has 2 aromatic heterocycles. The number of hydrogen-bond donors (Lipinski definition) is 2. The highest BCUT2D eigenvalue weighted by Crippen LogP contribution is 2.40. The number of phenols is 1. The Morgan fingerprint density at radius 2 is 2.00 bits per heavy atom. The second kappa shape index (κ2) is 6.92. The zero-order valence-corrected chi connectivity index (χ0v) is 17.9. The van der Waals surface area contributed by atoms with Crippen molar-refractivity contribution in [2.75, 3.05) is 6.54 Å². The number of likely N-dealkylation sites (N-methyl/N-ethyl adjacent to an activating group) is 1. The lowest BCUT2D eigenvalue weighted by Gasteiger charge is -2.36. The number of aromatic hydroxyl groups is 1. The van der Waals surface area contributed by atoms with Gasteiger partial charge in [-0.3, -0.25) is 10.1 Å². The molecule has 0 amide bonds. The zero-order chi connectivity index (χ0) is 21.9. The zero-order valence-electron chi connectivity index (χ0n) is 17.9. The van der Waals surface area contributed by atoms with Crippen LogP contribution in [0.4, 0.5) is 0 Å². The van der Waals surface area contributed by atoms with Crippen LogP contribution in [0.1, 0.15) is 49.4 Å². The molecule has 2 N–H and O–H groups in total. The number of cyclic esters (lactones) is 1. The minimum atomic E-state index is -1.03. The maximum Gasteiger partial charge on any atom is 0.331 e. The fourth-order valence-corrected chi connectivity index (χ4v) is 5.16. The number of hydrogen-bond acceptors (Lipinski definition) is 6. The number of nitrogens with one attached hydrogen (secondary N) is 1. The molecule has 2 aliphatic rings. The molecule has 160 valence electrons. The molecule has 0 fully saturated rings. The van der Waals surface area contributed by atoms with Crippen LogP contribution in [0.5, 0.6) is 5.75 Å². The van der Waals surface area contributed by atoms with Crippen LogP contribution in [-0.2, 0) is 34.6 Å². The molecule has 0 unspecified atom stereocenters. The number of ether oxygens (including phenoxy) is 1. The summed E-state index contributed by atoms with van der Waals surface area (Å²) in [6.45, 7) is 6.91. The molecule has 0 spiro atoms. The average molecular weight is 419 g/mol. The van der Waals surface area contributed by atoms with E-state index in [1.165, 1.54) is 0 Å². The van der Waals surface area contributed by atoms with E-state index in [1.807, 2.05) is 19.9 Å². The molecule has 31 heavy (non-hydrogen) atoms. The Morgan fingerprint density at radius 3 is 2.71 bits per heavy atom. The third kappa shape index (κ3) is 2.59. The van der Waals surface area contributed by atoms with E-state index in [-0.39, 0.29) is 23.9 Å². The minimum Gasteiger partial charge on any atom is -0.508 e. The van der Waals surface area contributed by atoms with Gasteiger partial charge in [0.2, 0.25) is 0 Å². The summed E-state index contributed by atoms with van der Waals surface area (Å²) in [6.07, 6.45) is 1.23. The van der Waals surface area contributed by atoms with E-state index in [1.54, 1.807) is 22.8 Å². The normalized spacial score (nSPS) is 19.1. The van der Waals surface area contributed by atoms with Gasteiger partial charge >= 0.3 is 5.97 Å². The third-order valence-electron chi connectivity index (χ3n) is 6.67. The van der Waals surface area contributed by atoms with Gasteiger partial charge in [-0.15, -0.1) is 0 Å². The average Bonchev–Trinajstić information content (AvgIpc) is 3.13. The van der Waals surface area contributed by atoms with Crippen molar-refractivity contribution in [2.24, 2.45) is 0 Å². The first-order chi connectivity index (χ1) is 14.9. The molecule has 7 heteroatoms. The highest BCUT2D eigenvalue weighted by atomic mass is 16.5. The van der Waals surface area contributed by atoms with E-state index in [2.05, 4.69) is 12.2 Å². The first-order valence-corrected chi connectivity index (χ1v) is 10.8. The standard InChI is InChI=1S/C24H25N3O4/c1-4-14-15-9-13(28)7-8-19(15)26-21-16(14)11-27-20(21)10-18-17(22(27)29)12-31-23(30)24(18,5-2)25-6-3/h7-10,25,28H,4-6,11-12H2,1-3H3/t24-/m0/s1. The Hall–Kier alpha value is -3.19. The molecule has 0 saturated carbocycles. The van der Waals surface area contributed by atoms with Crippen LogP contribution < -0.4 is 10.9 Å². The second-order valence-corrected chi connectivity index (χ2v) is 8.15. The molecule has 4 heterocycles. The monoisotopic (exact) mass is 419 g/mol. The summed E-state index contributed by atoms with van der Waals surface area (Å²) in [7, 11) is 0. The van der Waals surface area contributed by atoms with E-state index >= 15 is 0 Å². The fraction of sp³-hybridized carbons (Fsp3) is 0.375. The Labute approximate surface area is 179 Å². The van der Waals surface area contributed by atoms with Crippen LogP contribution in [0, 0.1) is 0 Å². The van der Waals surface area contributed by atoms with Crippen molar-refractivity contribution in [1.29, 1.82) is 0 Å². The SMILES string of the molecule is CCN[C@]1(CC)C(=O)OCc2c1cc1n(c2=O)Cc2c-1nc1ccc(O)cc1c2CC. The Balaban J connectivity index is 1.82. The van der Waals surface area contributed by atoms with Gasteiger partial charge in [-0.25, -0.2) is 9.78 Å². The molecule has 2 aliphatic heterocycles. The molecule has 5 rings (SSSR count). The van der Waals surface area contributed by atoms with Gasteiger partial charge in [0.25, 0.3) is 5.56 Å². The van der Waals surface area contributed by atoms with E-state index in [0.717, 1.165) is 39.8 Å².